The van der Waals surface area contributed by atoms with Gasteiger partial charge in [-0.2, -0.15) is 0 Å². The first-order valence-electron chi connectivity index (χ1n) is 7.73. The van der Waals surface area contributed by atoms with Crippen molar-refractivity contribution >= 4 is 11.9 Å². The van der Waals surface area contributed by atoms with E-state index >= 15 is 0 Å². The molecule has 1 aromatic carbocycles. The van der Waals surface area contributed by atoms with Gasteiger partial charge in [0, 0.05) is 0 Å². The van der Waals surface area contributed by atoms with E-state index in [1.54, 1.807) is 6.92 Å². The third kappa shape index (κ3) is 3.87. The standard InChI is InChI=1S/C18H27NO3/c1-7-14(5)18(6,17(21)22)19-16(20)10-15-12(3)8-11(2)9-13(15)4/h8-9,14H,7,10H2,1-6H3,(H,19,20)(H,21,22). The summed E-state index contributed by atoms with van der Waals surface area (Å²) in [6.07, 6.45) is 0.892. The van der Waals surface area contributed by atoms with Crippen LogP contribution in [0.3, 0.4) is 0 Å². The van der Waals surface area contributed by atoms with Crippen LogP contribution in [0, 0.1) is 26.7 Å². The van der Waals surface area contributed by atoms with Crippen LogP contribution in [0.2, 0.25) is 0 Å². The lowest BCUT2D eigenvalue weighted by atomic mass is 9.84. The summed E-state index contributed by atoms with van der Waals surface area (Å²) >= 11 is 0. The van der Waals surface area contributed by atoms with Crippen molar-refractivity contribution < 1.29 is 14.7 Å². The summed E-state index contributed by atoms with van der Waals surface area (Å²) in [7, 11) is 0. The maximum atomic E-state index is 12.4. The maximum absolute atomic E-state index is 12.4. The molecule has 22 heavy (non-hydrogen) atoms. The summed E-state index contributed by atoms with van der Waals surface area (Å²) in [6.45, 7) is 11.3. The number of carboxylic acid groups (broad SMARTS) is 1. The van der Waals surface area contributed by atoms with Gasteiger partial charge in [0.1, 0.15) is 5.54 Å². The maximum Gasteiger partial charge on any atom is 0.329 e. The van der Waals surface area contributed by atoms with E-state index in [1.165, 1.54) is 0 Å². The van der Waals surface area contributed by atoms with Crippen molar-refractivity contribution in [2.45, 2.75) is 59.9 Å². The summed E-state index contributed by atoms with van der Waals surface area (Å²) in [5, 5.41) is 12.2. The van der Waals surface area contributed by atoms with Crippen molar-refractivity contribution in [2.75, 3.05) is 0 Å². The normalized spacial score (nSPS) is 15.0. The molecule has 0 fully saturated rings. The molecule has 1 aromatic rings. The average Bonchev–Trinajstić information content (AvgIpc) is 2.41. The molecule has 0 aliphatic rings. The fourth-order valence-electron chi connectivity index (χ4n) is 2.78. The number of hydrogen-bond acceptors (Lipinski definition) is 2. The van der Waals surface area contributed by atoms with Gasteiger partial charge < -0.3 is 10.4 Å². The second kappa shape index (κ2) is 6.95. The number of carbonyl (C=O) groups excluding carboxylic acids is 1. The summed E-state index contributed by atoms with van der Waals surface area (Å²) in [5.41, 5.74) is 3.02. The van der Waals surface area contributed by atoms with Crippen molar-refractivity contribution in [3.05, 3.63) is 34.4 Å². The van der Waals surface area contributed by atoms with Crippen molar-refractivity contribution in [3.8, 4) is 0 Å². The predicted octanol–water partition coefficient (Wildman–Crippen LogP) is 3.16. The molecule has 0 aromatic heterocycles. The Bertz CT molecular complexity index is 557. The number of benzene rings is 1. The van der Waals surface area contributed by atoms with Crippen LogP contribution in [0.5, 0.6) is 0 Å². The van der Waals surface area contributed by atoms with Gasteiger partial charge in [0.15, 0.2) is 0 Å². The van der Waals surface area contributed by atoms with E-state index in [1.807, 2.05) is 46.8 Å². The molecule has 0 saturated carbocycles. The molecule has 4 heteroatoms. The highest BCUT2D eigenvalue weighted by Crippen LogP contribution is 2.22. The first-order valence-corrected chi connectivity index (χ1v) is 7.73. The number of carbonyl (C=O) groups is 2. The second-order valence-corrected chi connectivity index (χ2v) is 6.42. The molecular weight excluding hydrogens is 278 g/mol. The molecule has 1 rings (SSSR count). The van der Waals surface area contributed by atoms with Crippen LogP contribution >= 0.6 is 0 Å². The minimum Gasteiger partial charge on any atom is -0.480 e. The van der Waals surface area contributed by atoms with Crippen LogP contribution in [-0.2, 0) is 16.0 Å². The molecule has 2 N–H and O–H groups in total. The second-order valence-electron chi connectivity index (χ2n) is 6.42. The SMILES string of the molecule is CCC(C)C(C)(NC(=O)Cc1c(C)cc(C)cc1C)C(=O)O. The molecule has 0 heterocycles. The summed E-state index contributed by atoms with van der Waals surface area (Å²) < 4.78 is 0. The van der Waals surface area contributed by atoms with Crippen LogP contribution in [0.15, 0.2) is 12.1 Å². The van der Waals surface area contributed by atoms with Crippen molar-refractivity contribution in [2.24, 2.45) is 5.92 Å². The van der Waals surface area contributed by atoms with E-state index in [9.17, 15) is 14.7 Å². The molecule has 122 valence electrons. The Labute approximate surface area is 132 Å². The third-order valence-corrected chi connectivity index (χ3v) is 4.62. The largest absolute Gasteiger partial charge is 0.480 e. The van der Waals surface area contributed by atoms with Gasteiger partial charge in [0.25, 0.3) is 0 Å². The smallest absolute Gasteiger partial charge is 0.329 e. The number of rotatable bonds is 6. The molecule has 0 radical (unpaired) electrons. The van der Waals surface area contributed by atoms with E-state index in [0.29, 0.717) is 6.42 Å². The Morgan fingerprint density at radius 3 is 2.14 bits per heavy atom. The Hall–Kier alpha value is -1.84. The Morgan fingerprint density at radius 1 is 1.23 bits per heavy atom. The molecule has 0 spiro atoms. The number of amides is 1. The highest BCUT2D eigenvalue weighted by Gasteiger charge is 2.39. The van der Waals surface area contributed by atoms with E-state index < -0.39 is 11.5 Å². The van der Waals surface area contributed by atoms with Crippen LogP contribution in [0.25, 0.3) is 0 Å². The zero-order valence-electron chi connectivity index (χ0n) is 14.4. The molecule has 0 aliphatic heterocycles. The molecule has 2 atom stereocenters. The van der Waals surface area contributed by atoms with Crippen molar-refractivity contribution in [1.29, 1.82) is 0 Å². The zero-order valence-corrected chi connectivity index (χ0v) is 14.4. The number of aryl methyl sites for hydroxylation is 3. The summed E-state index contributed by atoms with van der Waals surface area (Å²) in [5.74, 6) is -1.39. The van der Waals surface area contributed by atoms with Crippen molar-refractivity contribution in [1.82, 2.24) is 5.32 Å². The zero-order chi connectivity index (χ0) is 17.1. The van der Waals surface area contributed by atoms with E-state index in [2.05, 4.69) is 5.32 Å². The molecule has 0 bridgehead atoms. The molecule has 0 saturated heterocycles. The summed E-state index contributed by atoms with van der Waals surface area (Å²) in [4.78, 5) is 23.9. The molecule has 1 amide bonds. The monoisotopic (exact) mass is 305 g/mol. The summed E-state index contributed by atoms with van der Waals surface area (Å²) in [6, 6.07) is 4.08. The lowest BCUT2D eigenvalue weighted by Crippen LogP contribution is -2.56. The first-order chi connectivity index (χ1) is 10.1. The average molecular weight is 305 g/mol. The Morgan fingerprint density at radius 2 is 1.73 bits per heavy atom. The highest BCUT2D eigenvalue weighted by atomic mass is 16.4. The Kier molecular flexibility index (Phi) is 5.75. The number of aliphatic carboxylic acids is 1. The van der Waals surface area contributed by atoms with Gasteiger partial charge in [0.05, 0.1) is 6.42 Å². The predicted molar refractivity (Wildman–Crippen MR) is 88.0 cm³/mol. The lowest BCUT2D eigenvalue weighted by molar-refractivity contribution is -0.149. The van der Waals surface area contributed by atoms with Crippen LogP contribution in [-0.4, -0.2) is 22.5 Å². The van der Waals surface area contributed by atoms with Gasteiger partial charge >= 0.3 is 5.97 Å². The Balaban J connectivity index is 2.97. The fourth-order valence-corrected chi connectivity index (χ4v) is 2.78. The van der Waals surface area contributed by atoms with E-state index in [4.69, 9.17) is 0 Å². The molecule has 2 unspecified atom stereocenters. The van der Waals surface area contributed by atoms with Gasteiger partial charge in [0.2, 0.25) is 5.91 Å². The van der Waals surface area contributed by atoms with Gasteiger partial charge in [-0.25, -0.2) is 4.79 Å². The van der Waals surface area contributed by atoms with Crippen molar-refractivity contribution in [3.63, 3.8) is 0 Å². The van der Waals surface area contributed by atoms with Crippen LogP contribution in [0.4, 0.5) is 0 Å². The first kappa shape index (κ1) is 18.2. The third-order valence-electron chi connectivity index (χ3n) is 4.62. The number of nitrogens with one attached hydrogen (secondary N) is 1. The van der Waals surface area contributed by atoms with Gasteiger partial charge in [-0.05, 0) is 50.3 Å². The number of carboxylic acids is 1. The molecule has 4 nitrogen and oxygen atoms in total. The minimum atomic E-state index is -1.24. The van der Waals surface area contributed by atoms with Crippen LogP contribution < -0.4 is 5.32 Å². The van der Waals surface area contributed by atoms with Crippen LogP contribution in [0.1, 0.15) is 49.4 Å². The van der Waals surface area contributed by atoms with E-state index in [-0.39, 0.29) is 18.2 Å². The topological polar surface area (TPSA) is 66.4 Å². The van der Waals surface area contributed by atoms with E-state index in [0.717, 1.165) is 22.3 Å². The minimum absolute atomic E-state index is 0.144. The lowest BCUT2D eigenvalue weighted by Gasteiger charge is -2.32. The van der Waals surface area contributed by atoms with Gasteiger partial charge in [-0.3, -0.25) is 4.79 Å². The van der Waals surface area contributed by atoms with Gasteiger partial charge in [-0.15, -0.1) is 0 Å². The molecular formula is C18H27NO3. The quantitative estimate of drug-likeness (QED) is 0.848. The number of hydrogen-bond donors (Lipinski definition) is 2. The molecule has 0 aliphatic carbocycles. The fraction of sp³-hybridized carbons (Fsp3) is 0.556. The highest BCUT2D eigenvalue weighted by molar-refractivity contribution is 5.88. The van der Waals surface area contributed by atoms with Gasteiger partial charge in [-0.1, -0.05) is 38.0 Å².